The maximum Gasteiger partial charge on any atom is 0.306 e. The second-order valence-electron chi connectivity index (χ2n) is 4.41. The summed E-state index contributed by atoms with van der Waals surface area (Å²) in [7, 11) is 1.84. The van der Waals surface area contributed by atoms with Crippen molar-refractivity contribution < 1.29 is 10.0 Å². The number of aliphatic hydroxyl groups excluding tert-OH is 1. The minimum atomic E-state index is -0.678. The van der Waals surface area contributed by atoms with Crippen LogP contribution in [0.1, 0.15) is 5.69 Å². The van der Waals surface area contributed by atoms with Crippen LogP contribution in [0.2, 0.25) is 0 Å². The fraction of sp³-hybridized carbons (Fsp3) is 0.455. The largest absolute Gasteiger partial charge is 0.390 e. The Hall–Kier alpha value is -2.26. The van der Waals surface area contributed by atoms with Gasteiger partial charge in [-0.1, -0.05) is 0 Å². The van der Waals surface area contributed by atoms with Crippen molar-refractivity contribution in [2.75, 3.05) is 6.54 Å². The molecule has 2 heterocycles. The number of aromatic nitrogens is 4. The molecule has 0 amide bonds. The molecule has 0 radical (unpaired) electrons. The van der Waals surface area contributed by atoms with Crippen LogP contribution < -0.4 is 5.32 Å². The number of hydrogen-bond donors (Lipinski definition) is 2. The Kier molecular flexibility index (Phi) is 4.43. The van der Waals surface area contributed by atoms with Gasteiger partial charge in [-0.2, -0.15) is 10.2 Å². The molecule has 9 heteroatoms. The van der Waals surface area contributed by atoms with Crippen LogP contribution in [0.5, 0.6) is 0 Å². The number of hydrogen-bond acceptors (Lipinski definition) is 6. The van der Waals surface area contributed by atoms with Crippen LogP contribution >= 0.6 is 0 Å². The molecule has 0 aliphatic heterocycles. The molecular formula is C11H16N6O3. The summed E-state index contributed by atoms with van der Waals surface area (Å²) in [6.45, 7) is 1.15. The van der Waals surface area contributed by atoms with Crippen LogP contribution in [0.4, 0.5) is 5.69 Å². The summed E-state index contributed by atoms with van der Waals surface area (Å²) >= 11 is 0. The Labute approximate surface area is 115 Å². The van der Waals surface area contributed by atoms with E-state index in [4.69, 9.17) is 0 Å². The van der Waals surface area contributed by atoms with E-state index in [1.165, 1.54) is 10.9 Å². The van der Waals surface area contributed by atoms with Gasteiger partial charge in [0, 0.05) is 26.3 Å². The Bertz CT molecular complexity index is 578. The third-order valence-electron chi connectivity index (χ3n) is 2.84. The molecule has 9 nitrogen and oxygen atoms in total. The summed E-state index contributed by atoms with van der Waals surface area (Å²) in [5, 5.41) is 31.3. The van der Waals surface area contributed by atoms with Crippen molar-refractivity contribution in [1.82, 2.24) is 24.9 Å². The molecule has 2 rings (SSSR count). The zero-order valence-electron chi connectivity index (χ0n) is 11.0. The number of aryl methyl sites for hydroxylation is 1. The fourth-order valence-corrected chi connectivity index (χ4v) is 1.77. The lowest BCUT2D eigenvalue weighted by Gasteiger charge is -2.11. The van der Waals surface area contributed by atoms with Crippen LogP contribution in [0.25, 0.3) is 0 Å². The lowest BCUT2D eigenvalue weighted by atomic mass is 10.3. The molecule has 1 atom stereocenters. The average molecular weight is 280 g/mol. The van der Waals surface area contributed by atoms with Gasteiger partial charge in [-0.25, -0.2) is 0 Å². The summed E-state index contributed by atoms with van der Waals surface area (Å²) < 4.78 is 3.10. The standard InChI is InChI=1S/C11H16N6O3/c1-15-9(2-3-13-15)4-12-6-11(18)8-16-7-10(5-14-16)17(19)20/h2-3,5,7,11-12,18H,4,6,8H2,1H3. The predicted molar refractivity (Wildman–Crippen MR) is 69.8 cm³/mol. The number of nitrogens with one attached hydrogen (secondary N) is 1. The van der Waals surface area contributed by atoms with Crippen molar-refractivity contribution in [3.8, 4) is 0 Å². The van der Waals surface area contributed by atoms with E-state index in [0.717, 1.165) is 11.9 Å². The Morgan fingerprint density at radius 3 is 2.95 bits per heavy atom. The normalized spacial score (nSPS) is 12.5. The first-order valence-corrected chi connectivity index (χ1v) is 6.09. The highest BCUT2D eigenvalue weighted by Gasteiger charge is 2.11. The SMILES string of the molecule is Cn1nccc1CNCC(O)Cn1cc([N+](=O)[O-])cn1. The molecule has 20 heavy (non-hydrogen) atoms. The second kappa shape index (κ2) is 6.26. The van der Waals surface area contributed by atoms with Crippen molar-refractivity contribution in [1.29, 1.82) is 0 Å². The summed E-state index contributed by atoms with van der Waals surface area (Å²) in [5.41, 5.74) is 0.923. The highest BCUT2D eigenvalue weighted by atomic mass is 16.6. The van der Waals surface area contributed by atoms with E-state index >= 15 is 0 Å². The predicted octanol–water partition coefficient (Wildman–Crippen LogP) is -0.325. The van der Waals surface area contributed by atoms with Crippen molar-refractivity contribution in [2.24, 2.45) is 7.05 Å². The molecule has 0 bridgehead atoms. The van der Waals surface area contributed by atoms with Gasteiger partial charge in [0.25, 0.3) is 0 Å². The first-order chi connectivity index (χ1) is 9.56. The molecule has 0 aliphatic rings. The van der Waals surface area contributed by atoms with Gasteiger partial charge < -0.3 is 10.4 Å². The van der Waals surface area contributed by atoms with Gasteiger partial charge in [-0.3, -0.25) is 19.5 Å². The third-order valence-corrected chi connectivity index (χ3v) is 2.84. The summed E-state index contributed by atoms with van der Waals surface area (Å²) in [6.07, 6.45) is 3.49. The van der Waals surface area contributed by atoms with E-state index in [-0.39, 0.29) is 12.2 Å². The molecule has 2 aromatic heterocycles. The molecular weight excluding hydrogens is 264 g/mol. The quantitative estimate of drug-likeness (QED) is 0.531. The zero-order valence-corrected chi connectivity index (χ0v) is 11.0. The van der Waals surface area contributed by atoms with Gasteiger partial charge in [0.15, 0.2) is 0 Å². The fourth-order valence-electron chi connectivity index (χ4n) is 1.77. The molecule has 108 valence electrons. The van der Waals surface area contributed by atoms with Gasteiger partial charge in [-0.15, -0.1) is 0 Å². The van der Waals surface area contributed by atoms with Gasteiger partial charge >= 0.3 is 5.69 Å². The van der Waals surface area contributed by atoms with Crippen LogP contribution in [-0.4, -0.2) is 42.2 Å². The first kappa shape index (κ1) is 14.2. The van der Waals surface area contributed by atoms with E-state index in [9.17, 15) is 15.2 Å². The molecule has 0 saturated carbocycles. The number of nitro groups is 1. The lowest BCUT2D eigenvalue weighted by molar-refractivity contribution is -0.385. The summed E-state index contributed by atoms with van der Waals surface area (Å²) in [4.78, 5) is 9.99. The third kappa shape index (κ3) is 3.62. The maximum atomic E-state index is 10.5. The van der Waals surface area contributed by atoms with Crippen molar-refractivity contribution >= 4 is 5.69 Å². The monoisotopic (exact) mass is 280 g/mol. The smallest absolute Gasteiger partial charge is 0.306 e. The van der Waals surface area contributed by atoms with Gasteiger partial charge in [0.2, 0.25) is 0 Å². The molecule has 0 spiro atoms. The molecule has 2 N–H and O–H groups in total. The Balaban J connectivity index is 1.76. The number of nitrogens with zero attached hydrogens (tertiary/aromatic N) is 5. The highest BCUT2D eigenvalue weighted by molar-refractivity contribution is 5.20. The van der Waals surface area contributed by atoms with Crippen molar-refractivity contribution in [3.05, 3.63) is 40.5 Å². The Morgan fingerprint density at radius 2 is 2.35 bits per heavy atom. The van der Waals surface area contributed by atoms with Crippen LogP contribution in [0.3, 0.4) is 0 Å². The molecule has 0 aromatic carbocycles. The van der Waals surface area contributed by atoms with Gasteiger partial charge in [0.05, 0.1) is 23.3 Å². The lowest BCUT2D eigenvalue weighted by Crippen LogP contribution is -2.30. The summed E-state index contributed by atoms with van der Waals surface area (Å²) in [6, 6.07) is 1.89. The van der Waals surface area contributed by atoms with Crippen LogP contribution in [0, 0.1) is 10.1 Å². The van der Waals surface area contributed by atoms with Crippen molar-refractivity contribution in [3.63, 3.8) is 0 Å². The molecule has 0 aliphatic carbocycles. The van der Waals surface area contributed by atoms with Gasteiger partial charge in [0.1, 0.15) is 12.4 Å². The number of rotatable bonds is 7. The molecule has 0 fully saturated rings. The van der Waals surface area contributed by atoms with Crippen LogP contribution in [-0.2, 0) is 20.1 Å². The molecule has 2 aromatic rings. The molecule has 0 saturated heterocycles. The summed E-state index contributed by atoms with van der Waals surface area (Å²) in [5.74, 6) is 0. The van der Waals surface area contributed by atoms with E-state index in [1.807, 2.05) is 13.1 Å². The zero-order chi connectivity index (χ0) is 14.5. The molecule has 1 unspecified atom stereocenters. The first-order valence-electron chi connectivity index (χ1n) is 6.09. The maximum absolute atomic E-state index is 10.5. The van der Waals surface area contributed by atoms with Crippen molar-refractivity contribution in [2.45, 2.75) is 19.2 Å². The van der Waals surface area contributed by atoms with Crippen LogP contribution in [0.15, 0.2) is 24.7 Å². The topological polar surface area (TPSA) is 111 Å². The second-order valence-corrected chi connectivity index (χ2v) is 4.41. The number of aliphatic hydroxyl groups is 1. The van der Waals surface area contributed by atoms with E-state index in [2.05, 4.69) is 15.5 Å². The van der Waals surface area contributed by atoms with E-state index in [0.29, 0.717) is 13.1 Å². The minimum absolute atomic E-state index is 0.0833. The minimum Gasteiger partial charge on any atom is -0.390 e. The highest BCUT2D eigenvalue weighted by Crippen LogP contribution is 2.08. The van der Waals surface area contributed by atoms with E-state index in [1.54, 1.807) is 10.9 Å². The Morgan fingerprint density at radius 1 is 1.55 bits per heavy atom. The van der Waals surface area contributed by atoms with E-state index < -0.39 is 11.0 Å². The van der Waals surface area contributed by atoms with Gasteiger partial charge in [-0.05, 0) is 6.07 Å². The average Bonchev–Trinajstić information content (AvgIpc) is 2.99.